The Kier molecular flexibility index (Phi) is 8.98. The summed E-state index contributed by atoms with van der Waals surface area (Å²) < 4.78 is 0. The summed E-state index contributed by atoms with van der Waals surface area (Å²) in [5, 5.41) is 6.02. The highest BCUT2D eigenvalue weighted by molar-refractivity contribution is 14.0. The number of carbonyl (C=O) groups excluding carboxylic acids is 1. The summed E-state index contributed by atoms with van der Waals surface area (Å²) >= 11 is 0. The smallest absolute Gasteiger partial charge is 0.239 e. The van der Waals surface area contributed by atoms with Crippen LogP contribution < -0.4 is 10.6 Å². The van der Waals surface area contributed by atoms with Crippen LogP contribution in [0.15, 0.2) is 35.3 Å². The van der Waals surface area contributed by atoms with Crippen molar-refractivity contribution in [3.05, 3.63) is 35.9 Å². The van der Waals surface area contributed by atoms with E-state index in [2.05, 4.69) is 44.8 Å². The maximum atomic E-state index is 11.7. The third kappa shape index (κ3) is 6.01. The lowest BCUT2D eigenvalue weighted by Crippen LogP contribution is -2.44. The molecular formula is C17H27IN4O. The van der Waals surface area contributed by atoms with E-state index in [0.717, 1.165) is 38.4 Å². The summed E-state index contributed by atoms with van der Waals surface area (Å²) in [6.07, 6.45) is 2.07. The van der Waals surface area contributed by atoms with Gasteiger partial charge in [0.2, 0.25) is 5.91 Å². The van der Waals surface area contributed by atoms with Gasteiger partial charge in [-0.2, -0.15) is 0 Å². The molecular weight excluding hydrogens is 403 g/mol. The monoisotopic (exact) mass is 430 g/mol. The molecule has 1 aromatic rings. The second-order valence-corrected chi connectivity index (χ2v) is 5.59. The summed E-state index contributed by atoms with van der Waals surface area (Å²) in [4.78, 5) is 18.2. The molecule has 1 unspecified atom stereocenters. The van der Waals surface area contributed by atoms with Gasteiger partial charge in [-0.15, -0.1) is 24.0 Å². The number of hydrogen-bond acceptors (Lipinski definition) is 2. The number of nitrogens with one attached hydrogen (secondary N) is 2. The highest BCUT2D eigenvalue weighted by atomic mass is 127. The first kappa shape index (κ1) is 19.7. The van der Waals surface area contributed by atoms with Gasteiger partial charge in [0, 0.05) is 32.6 Å². The third-order valence-electron chi connectivity index (χ3n) is 3.95. The number of guanidine groups is 1. The maximum absolute atomic E-state index is 11.7. The first-order valence-corrected chi connectivity index (χ1v) is 8.01. The molecule has 0 spiro atoms. The lowest BCUT2D eigenvalue weighted by molar-refractivity contribution is -0.120. The zero-order valence-electron chi connectivity index (χ0n) is 13.9. The molecule has 0 aliphatic carbocycles. The Labute approximate surface area is 156 Å². The van der Waals surface area contributed by atoms with Gasteiger partial charge < -0.3 is 15.5 Å². The second kappa shape index (κ2) is 10.5. The molecule has 1 atom stereocenters. The second-order valence-electron chi connectivity index (χ2n) is 5.59. The minimum atomic E-state index is 0. The molecule has 0 radical (unpaired) electrons. The number of carbonyl (C=O) groups is 1. The Bertz CT molecular complexity index is 507. The van der Waals surface area contributed by atoms with Crippen molar-refractivity contribution in [3.8, 4) is 0 Å². The predicted molar refractivity (Wildman–Crippen MR) is 105 cm³/mol. The number of likely N-dealkylation sites (tertiary alicyclic amines) is 1. The van der Waals surface area contributed by atoms with E-state index in [0.29, 0.717) is 5.92 Å². The first-order valence-electron chi connectivity index (χ1n) is 8.01. The van der Waals surface area contributed by atoms with E-state index in [1.807, 2.05) is 13.0 Å². The van der Waals surface area contributed by atoms with Gasteiger partial charge in [-0.25, -0.2) is 0 Å². The van der Waals surface area contributed by atoms with Crippen molar-refractivity contribution in [2.45, 2.75) is 25.7 Å². The molecule has 2 rings (SSSR count). The van der Waals surface area contributed by atoms with Crippen molar-refractivity contribution in [3.63, 3.8) is 0 Å². The minimum Gasteiger partial charge on any atom is -0.355 e. The van der Waals surface area contributed by atoms with Gasteiger partial charge in [0.1, 0.15) is 0 Å². The Morgan fingerprint density at radius 3 is 2.70 bits per heavy atom. The van der Waals surface area contributed by atoms with Crippen molar-refractivity contribution < 1.29 is 4.79 Å². The maximum Gasteiger partial charge on any atom is 0.239 e. The fourth-order valence-corrected chi connectivity index (χ4v) is 2.77. The van der Waals surface area contributed by atoms with E-state index in [1.165, 1.54) is 5.56 Å². The molecule has 128 valence electrons. The molecule has 1 heterocycles. The van der Waals surface area contributed by atoms with Gasteiger partial charge in [-0.1, -0.05) is 37.3 Å². The molecule has 5 nitrogen and oxygen atoms in total. The van der Waals surface area contributed by atoms with E-state index < -0.39 is 0 Å². The van der Waals surface area contributed by atoms with Crippen LogP contribution in [0.4, 0.5) is 0 Å². The molecule has 2 N–H and O–H groups in total. The van der Waals surface area contributed by atoms with Gasteiger partial charge in [-0.3, -0.25) is 9.79 Å². The standard InChI is InChI=1S/C17H26N4O.HI/c1-3-10-19-16(22)12-20-17(18-2)21-11-9-15(13-21)14-7-5-4-6-8-14;/h4-8,15H,3,9-13H2,1-2H3,(H,18,20)(H,19,22);1H. The lowest BCUT2D eigenvalue weighted by Gasteiger charge is -2.21. The zero-order chi connectivity index (χ0) is 15.8. The van der Waals surface area contributed by atoms with Gasteiger partial charge in [0.15, 0.2) is 5.96 Å². The minimum absolute atomic E-state index is 0. The molecule has 1 aromatic carbocycles. The SMILES string of the molecule is CCCNC(=O)CNC(=NC)N1CCC(c2ccccc2)C1.I. The Hall–Kier alpha value is -1.31. The normalized spacial score (nSPS) is 17.6. The van der Waals surface area contributed by atoms with E-state index in [-0.39, 0.29) is 36.4 Å². The van der Waals surface area contributed by atoms with Crippen molar-refractivity contribution >= 4 is 35.8 Å². The Balaban J connectivity index is 0.00000264. The molecule has 1 saturated heterocycles. The van der Waals surface area contributed by atoms with E-state index in [1.54, 1.807) is 7.05 Å². The number of amides is 1. The van der Waals surface area contributed by atoms with Gasteiger partial charge in [-0.05, 0) is 18.4 Å². The fourth-order valence-electron chi connectivity index (χ4n) is 2.77. The van der Waals surface area contributed by atoms with Crippen LogP contribution in [0.25, 0.3) is 0 Å². The van der Waals surface area contributed by atoms with Crippen LogP contribution >= 0.6 is 24.0 Å². The summed E-state index contributed by atoms with van der Waals surface area (Å²) in [6, 6.07) is 10.6. The molecule has 1 amide bonds. The molecule has 23 heavy (non-hydrogen) atoms. The highest BCUT2D eigenvalue weighted by Crippen LogP contribution is 2.26. The van der Waals surface area contributed by atoms with Crippen LogP contribution in [0.1, 0.15) is 31.2 Å². The average molecular weight is 430 g/mol. The quantitative estimate of drug-likeness (QED) is 0.428. The predicted octanol–water partition coefficient (Wildman–Crippen LogP) is 2.20. The molecule has 0 aromatic heterocycles. The third-order valence-corrected chi connectivity index (χ3v) is 3.95. The van der Waals surface area contributed by atoms with E-state index in [4.69, 9.17) is 0 Å². The molecule has 0 bridgehead atoms. The Morgan fingerprint density at radius 2 is 2.04 bits per heavy atom. The summed E-state index contributed by atoms with van der Waals surface area (Å²) in [7, 11) is 1.77. The fraction of sp³-hybridized carbons (Fsp3) is 0.529. The van der Waals surface area contributed by atoms with Crippen molar-refractivity contribution in [2.75, 3.05) is 33.2 Å². The lowest BCUT2D eigenvalue weighted by atomic mass is 9.99. The number of benzene rings is 1. The largest absolute Gasteiger partial charge is 0.355 e. The Morgan fingerprint density at radius 1 is 1.30 bits per heavy atom. The van der Waals surface area contributed by atoms with E-state index >= 15 is 0 Å². The van der Waals surface area contributed by atoms with Crippen molar-refractivity contribution in [1.82, 2.24) is 15.5 Å². The van der Waals surface area contributed by atoms with Crippen LogP contribution in [0.5, 0.6) is 0 Å². The van der Waals surface area contributed by atoms with E-state index in [9.17, 15) is 4.79 Å². The number of hydrogen-bond donors (Lipinski definition) is 2. The summed E-state index contributed by atoms with van der Waals surface area (Å²) in [5.74, 6) is 1.36. The van der Waals surface area contributed by atoms with Gasteiger partial charge >= 0.3 is 0 Å². The molecule has 0 saturated carbocycles. The zero-order valence-corrected chi connectivity index (χ0v) is 16.2. The number of nitrogens with zero attached hydrogens (tertiary/aromatic N) is 2. The average Bonchev–Trinajstić information content (AvgIpc) is 3.04. The van der Waals surface area contributed by atoms with Crippen molar-refractivity contribution in [1.29, 1.82) is 0 Å². The molecule has 1 aliphatic heterocycles. The number of aliphatic imine (C=N–C) groups is 1. The molecule has 6 heteroatoms. The summed E-state index contributed by atoms with van der Waals surface area (Å²) in [6.45, 7) is 4.95. The van der Waals surface area contributed by atoms with Crippen molar-refractivity contribution in [2.24, 2.45) is 4.99 Å². The first-order chi connectivity index (χ1) is 10.7. The molecule has 1 aliphatic rings. The van der Waals surface area contributed by atoms with Crippen LogP contribution in [0.3, 0.4) is 0 Å². The summed E-state index contributed by atoms with van der Waals surface area (Å²) in [5.41, 5.74) is 1.38. The van der Waals surface area contributed by atoms with Crippen LogP contribution in [-0.4, -0.2) is 50.0 Å². The van der Waals surface area contributed by atoms with Crippen LogP contribution in [0.2, 0.25) is 0 Å². The number of halogens is 1. The van der Waals surface area contributed by atoms with Gasteiger partial charge in [0.25, 0.3) is 0 Å². The van der Waals surface area contributed by atoms with Crippen LogP contribution in [-0.2, 0) is 4.79 Å². The number of rotatable bonds is 5. The highest BCUT2D eigenvalue weighted by Gasteiger charge is 2.25. The molecule has 1 fully saturated rings. The topological polar surface area (TPSA) is 56.7 Å². The van der Waals surface area contributed by atoms with Crippen LogP contribution in [0, 0.1) is 0 Å². The van der Waals surface area contributed by atoms with Gasteiger partial charge in [0.05, 0.1) is 6.54 Å².